The van der Waals surface area contributed by atoms with E-state index in [4.69, 9.17) is 10.2 Å². The van der Waals surface area contributed by atoms with Crippen molar-refractivity contribution in [2.45, 2.75) is 12.5 Å². The number of hydrogen-bond donors (Lipinski definition) is 2. The average molecular weight is 347 g/mol. The number of benzene rings is 1. The highest BCUT2D eigenvalue weighted by Gasteiger charge is 2.58. The first kappa shape index (κ1) is 18.7. The fraction of sp³-hybridized carbons (Fsp3) is 0.375. The standard InChI is InChI=1S/C16H21N5O4/c1-10(17)16(21(24)25-5)13(18-20(4)15(16)23)11-6-8-12(9-7-11)14(22)19(2)3/h6-9,17,24H,1-5H3. The van der Waals surface area contributed by atoms with Gasteiger partial charge in [0.25, 0.3) is 11.8 Å². The van der Waals surface area contributed by atoms with Crippen molar-refractivity contribution in [1.82, 2.24) is 15.1 Å². The van der Waals surface area contributed by atoms with Gasteiger partial charge in [0.2, 0.25) is 5.54 Å². The quantitative estimate of drug-likeness (QED) is 0.599. The molecule has 1 aromatic rings. The SMILES string of the molecule is CON(O)C1(C(C)=N)C(=O)N(C)N=C1c1ccc(C(=O)N(C)C)cc1. The second kappa shape index (κ2) is 6.71. The van der Waals surface area contributed by atoms with Crippen molar-refractivity contribution in [2.75, 3.05) is 28.3 Å². The van der Waals surface area contributed by atoms with Gasteiger partial charge in [-0.1, -0.05) is 12.1 Å². The summed E-state index contributed by atoms with van der Waals surface area (Å²) in [6.45, 7) is 1.39. The molecule has 0 fully saturated rings. The molecular weight excluding hydrogens is 326 g/mol. The first-order chi connectivity index (χ1) is 11.7. The Morgan fingerprint density at radius 2 is 1.88 bits per heavy atom. The van der Waals surface area contributed by atoms with E-state index < -0.39 is 11.4 Å². The number of hydrogen-bond acceptors (Lipinski definition) is 7. The van der Waals surface area contributed by atoms with Crippen molar-refractivity contribution in [1.29, 1.82) is 5.41 Å². The summed E-state index contributed by atoms with van der Waals surface area (Å²) >= 11 is 0. The summed E-state index contributed by atoms with van der Waals surface area (Å²) in [5, 5.41) is 23.8. The highest BCUT2D eigenvalue weighted by molar-refractivity contribution is 6.36. The van der Waals surface area contributed by atoms with Gasteiger partial charge in [0, 0.05) is 38.0 Å². The van der Waals surface area contributed by atoms with Gasteiger partial charge in [-0.3, -0.25) is 19.6 Å². The molecule has 9 heteroatoms. The van der Waals surface area contributed by atoms with Crippen LogP contribution in [0.2, 0.25) is 0 Å². The normalized spacial score (nSPS) is 20.0. The third kappa shape index (κ3) is 2.82. The molecule has 1 heterocycles. The second-order valence-electron chi connectivity index (χ2n) is 5.85. The van der Waals surface area contributed by atoms with Gasteiger partial charge in [-0.05, 0) is 24.3 Å². The van der Waals surface area contributed by atoms with Crippen LogP contribution in [0.4, 0.5) is 0 Å². The lowest BCUT2D eigenvalue weighted by molar-refractivity contribution is -0.343. The van der Waals surface area contributed by atoms with Crippen LogP contribution in [0, 0.1) is 5.41 Å². The van der Waals surface area contributed by atoms with Crippen LogP contribution in [-0.4, -0.2) is 77.4 Å². The highest BCUT2D eigenvalue weighted by Crippen LogP contribution is 2.30. The molecule has 0 saturated carbocycles. The summed E-state index contributed by atoms with van der Waals surface area (Å²) in [6, 6.07) is 6.43. The van der Waals surface area contributed by atoms with Gasteiger partial charge in [0.15, 0.2) is 0 Å². The molecule has 2 N–H and O–H groups in total. The lowest BCUT2D eigenvalue weighted by Crippen LogP contribution is -2.62. The van der Waals surface area contributed by atoms with Crippen LogP contribution in [0.5, 0.6) is 0 Å². The van der Waals surface area contributed by atoms with Crippen LogP contribution in [0.3, 0.4) is 0 Å². The summed E-state index contributed by atoms with van der Waals surface area (Å²) in [5.41, 5.74) is -0.942. The fourth-order valence-electron chi connectivity index (χ4n) is 2.69. The Balaban J connectivity index is 2.55. The van der Waals surface area contributed by atoms with Crippen molar-refractivity contribution in [3.05, 3.63) is 35.4 Å². The molecule has 0 radical (unpaired) electrons. The number of hydrazone groups is 1. The van der Waals surface area contributed by atoms with E-state index in [9.17, 15) is 14.8 Å². The molecule has 0 spiro atoms. The number of carbonyl (C=O) groups excluding carboxylic acids is 2. The monoisotopic (exact) mass is 347 g/mol. The van der Waals surface area contributed by atoms with E-state index in [1.54, 1.807) is 38.4 Å². The third-order valence-corrected chi connectivity index (χ3v) is 4.01. The Hall–Kier alpha value is -2.62. The number of amides is 2. The number of hydroxylamine groups is 2. The minimum absolute atomic E-state index is 0.140. The molecule has 1 aliphatic rings. The predicted molar refractivity (Wildman–Crippen MR) is 90.5 cm³/mol. The molecule has 1 aromatic carbocycles. The molecule has 9 nitrogen and oxygen atoms in total. The van der Waals surface area contributed by atoms with E-state index in [1.165, 1.54) is 26.0 Å². The van der Waals surface area contributed by atoms with Gasteiger partial charge in [0.1, 0.15) is 5.71 Å². The number of rotatable bonds is 5. The Labute approximate surface area is 145 Å². The van der Waals surface area contributed by atoms with Crippen molar-refractivity contribution in [2.24, 2.45) is 5.10 Å². The first-order valence-corrected chi connectivity index (χ1v) is 7.46. The zero-order valence-electron chi connectivity index (χ0n) is 14.8. The van der Waals surface area contributed by atoms with E-state index in [0.717, 1.165) is 5.01 Å². The van der Waals surface area contributed by atoms with E-state index in [2.05, 4.69) is 5.10 Å². The first-order valence-electron chi connectivity index (χ1n) is 7.46. The van der Waals surface area contributed by atoms with Gasteiger partial charge in [-0.25, -0.2) is 5.01 Å². The van der Waals surface area contributed by atoms with Crippen molar-refractivity contribution in [3.8, 4) is 0 Å². The molecule has 1 atom stereocenters. The Kier molecular flexibility index (Phi) is 5.02. The molecule has 0 saturated heterocycles. The van der Waals surface area contributed by atoms with E-state index in [-0.39, 0.29) is 17.3 Å². The van der Waals surface area contributed by atoms with E-state index in [0.29, 0.717) is 16.4 Å². The number of nitrogens with zero attached hydrogens (tertiary/aromatic N) is 4. The third-order valence-electron chi connectivity index (χ3n) is 4.01. The van der Waals surface area contributed by atoms with Gasteiger partial charge in [0.05, 0.1) is 7.11 Å². The van der Waals surface area contributed by atoms with Crippen LogP contribution >= 0.6 is 0 Å². The minimum Gasteiger partial charge on any atom is -0.345 e. The molecule has 0 aromatic heterocycles. The molecular formula is C16H21N5O4. The predicted octanol–water partition coefficient (Wildman–Crippen LogP) is 0.596. The van der Waals surface area contributed by atoms with Crippen molar-refractivity contribution >= 4 is 23.2 Å². The molecule has 134 valence electrons. The molecule has 1 aliphatic heterocycles. The van der Waals surface area contributed by atoms with Gasteiger partial charge in [-0.2, -0.15) is 5.10 Å². The second-order valence-corrected chi connectivity index (χ2v) is 5.85. The highest BCUT2D eigenvalue weighted by atomic mass is 16.9. The largest absolute Gasteiger partial charge is 0.345 e. The summed E-state index contributed by atoms with van der Waals surface area (Å²) < 4.78 is 0. The number of likely N-dealkylation sites (N-methyl/N-ethyl adjacent to an activating group) is 1. The van der Waals surface area contributed by atoms with Crippen LogP contribution in [0.25, 0.3) is 0 Å². The molecule has 0 aliphatic carbocycles. The minimum atomic E-state index is -1.88. The maximum atomic E-state index is 12.6. The lowest BCUT2D eigenvalue weighted by Gasteiger charge is -2.32. The zero-order valence-corrected chi connectivity index (χ0v) is 14.8. The summed E-state index contributed by atoms with van der Waals surface area (Å²) in [4.78, 5) is 30.9. The van der Waals surface area contributed by atoms with Crippen molar-refractivity contribution in [3.63, 3.8) is 0 Å². The molecule has 2 amide bonds. The molecule has 25 heavy (non-hydrogen) atoms. The molecule has 1 unspecified atom stereocenters. The summed E-state index contributed by atoms with van der Waals surface area (Å²) in [6.07, 6.45) is 0. The van der Waals surface area contributed by atoms with E-state index >= 15 is 0 Å². The topological polar surface area (TPSA) is 110 Å². The van der Waals surface area contributed by atoms with Crippen molar-refractivity contribution < 1.29 is 19.6 Å². The van der Waals surface area contributed by atoms with Gasteiger partial charge < -0.3 is 10.3 Å². The number of carbonyl (C=O) groups is 2. The smallest absolute Gasteiger partial charge is 0.280 e. The van der Waals surface area contributed by atoms with Gasteiger partial charge in [-0.15, -0.1) is 0 Å². The van der Waals surface area contributed by atoms with Crippen LogP contribution < -0.4 is 0 Å². The maximum absolute atomic E-state index is 12.6. The molecule has 2 rings (SSSR count). The summed E-state index contributed by atoms with van der Waals surface area (Å²) in [5.74, 6) is -0.781. The summed E-state index contributed by atoms with van der Waals surface area (Å²) in [7, 11) is 5.92. The molecule has 0 bridgehead atoms. The maximum Gasteiger partial charge on any atom is 0.280 e. The Morgan fingerprint density at radius 3 is 2.32 bits per heavy atom. The zero-order chi connectivity index (χ0) is 18.9. The van der Waals surface area contributed by atoms with Crippen LogP contribution in [0.1, 0.15) is 22.8 Å². The fourth-order valence-corrected chi connectivity index (χ4v) is 2.69. The van der Waals surface area contributed by atoms with Gasteiger partial charge >= 0.3 is 0 Å². The van der Waals surface area contributed by atoms with Crippen LogP contribution in [0.15, 0.2) is 29.4 Å². The lowest BCUT2D eigenvalue weighted by atomic mass is 9.84. The van der Waals surface area contributed by atoms with Crippen LogP contribution in [-0.2, 0) is 9.63 Å². The Bertz CT molecular complexity index is 743. The van der Waals surface area contributed by atoms with E-state index in [1.807, 2.05) is 0 Å². The average Bonchev–Trinajstić information content (AvgIpc) is 2.86. The Morgan fingerprint density at radius 1 is 1.32 bits per heavy atom. The number of nitrogens with one attached hydrogen (secondary N) is 1.